The molecule has 0 saturated heterocycles. The Labute approximate surface area is 128 Å². The number of ether oxygens (including phenoxy) is 1. The van der Waals surface area contributed by atoms with E-state index in [1.165, 1.54) is 12.1 Å². The average Bonchev–Trinajstić information content (AvgIpc) is 2.46. The van der Waals surface area contributed by atoms with Crippen LogP contribution in [-0.2, 0) is 12.5 Å². The standard InChI is InChI=1S/C16H16ClNO3/c1-11-7-14(9-17)8-12(2)16(11)21-10-13-3-5-15(6-4-13)18(19)20/h3-8H,9-10H2,1-2H3. The van der Waals surface area contributed by atoms with Crippen molar-refractivity contribution in [1.82, 2.24) is 0 Å². The maximum atomic E-state index is 10.6. The van der Waals surface area contributed by atoms with Crippen LogP contribution in [0.5, 0.6) is 5.75 Å². The van der Waals surface area contributed by atoms with Crippen LogP contribution in [-0.4, -0.2) is 4.92 Å². The average molecular weight is 306 g/mol. The third-order valence-electron chi connectivity index (χ3n) is 3.20. The molecule has 5 heteroatoms. The van der Waals surface area contributed by atoms with Gasteiger partial charge in [-0.1, -0.05) is 12.1 Å². The van der Waals surface area contributed by atoms with Crippen LogP contribution in [0, 0.1) is 24.0 Å². The van der Waals surface area contributed by atoms with Gasteiger partial charge in [-0.25, -0.2) is 0 Å². The van der Waals surface area contributed by atoms with Crippen LogP contribution in [0.2, 0.25) is 0 Å². The number of benzene rings is 2. The molecule has 0 unspecified atom stereocenters. The number of halogens is 1. The Bertz CT molecular complexity index is 630. The first kappa shape index (κ1) is 15.3. The summed E-state index contributed by atoms with van der Waals surface area (Å²) in [6, 6.07) is 10.4. The first-order valence-corrected chi connectivity index (χ1v) is 7.07. The van der Waals surface area contributed by atoms with Gasteiger partial charge in [-0.15, -0.1) is 11.6 Å². The fourth-order valence-corrected chi connectivity index (χ4v) is 2.37. The highest BCUT2D eigenvalue weighted by Gasteiger charge is 2.08. The Morgan fingerprint density at radius 3 is 2.14 bits per heavy atom. The molecular weight excluding hydrogens is 290 g/mol. The summed E-state index contributed by atoms with van der Waals surface area (Å²) in [5.41, 5.74) is 4.10. The normalized spacial score (nSPS) is 10.4. The predicted octanol–water partition coefficient (Wildman–Crippen LogP) is 4.53. The van der Waals surface area contributed by atoms with Crippen molar-refractivity contribution in [3.8, 4) is 5.75 Å². The van der Waals surface area contributed by atoms with E-state index in [1.807, 2.05) is 26.0 Å². The van der Waals surface area contributed by atoms with Gasteiger partial charge in [0.15, 0.2) is 0 Å². The Morgan fingerprint density at radius 2 is 1.67 bits per heavy atom. The topological polar surface area (TPSA) is 52.4 Å². The van der Waals surface area contributed by atoms with Crippen molar-refractivity contribution in [3.63, 3.8) is 0 Å². The molecule has 0 aliphatic heterocycles. The Kier molecular flexibility index (Phi) is 4.81. The second-order valence-corrected chi connectivity index (χ2v) is 5.17. The summed E-state index contributed by atoms with van der Waals surface area (Å²) in [6.07, 6.45) is 0. The van der Waals surface area contributed by atoms with Gasteiger partial charge in [-0.3, -0.25) is 10.1 Å². The zero-order valence-electron chi connectivity index (χ0n) is 11.9. The molecule has 0 aliphatic rings. The fraction of sp³-hybridized carbons (Fsp3) is 0.250. The summed E-state index contributed by atoms with van der Waals surface area (Å²) in [7, 11) is 0. The number of hydrogen-bond acceptors (Lipinski definition) is 3. The molecule has 2 aromatic rings. The first-order chi connectivity index (χ1) is 10.0. The van der Waals surface area contributed by atoms with E-state index in [2.05, 4.69) is 0 Å². The maximum absolute atomic E-state index is 10.6. The van der Waals surface area contributed by atoms with Crippen LogP contribution in [0.4, 0.5) is 5.69 Å². The van der Waals surface area contributed by atoms with Gasteiger partial charge >= 0.3 is 0 Å². The summed E-state index contributed by atoms with van der Waals surface area (Å²) in [5, 5.41) is 10.6. The van der Waals surface area contributed by atoms with Gasteiger partial charge in [0.2, 0.25) is 0 Å². The van der Waals surface area contributed by atoms with Crippen molar-refractivity contribution in [3.05, 3.63) is 68.8 Å². The molecule has 110 valence electrons. The highest BCUT2D eigenvalue weighted by atomic mass is 35.5. The molecule has 0 aromatic heterocycles. The zero-order chi connectivity index (χ0) is 15.4. The maximum Gasteiger partial charge on any atom is 0.269 e. The van der Waals surface area contributed by atoms with E-state index in [1.54, 1.807) is 12.1 Å². The van der Waals surface area contributed by atoms with Crippen molar-refractivity contribution in [2.45, 2.75) is 26.3 Å². The molecular formula is C16H16ClNO3. The lowest BCUT2D eigenvalue weighted by Crippen LogP contribution is -2.00. The van der Waals surface area contributed by atoms with Crippen molar-refractivity contribution < 1.29 is 9.66 Å². The number of rotatable bonds is 5. The number of alkyl halides is 1. The molecule has 0 fully saturated rings. The van der Waals surface area contributed by atoms with Crippen molar-refractivity contribution in [1.29, 1.82) is 0 Å². The van der Waals surface area contributed by atoms with Crippen molar-refractivity contribution in [2.75, 3.05) is 0 Å². The molecule has 21 heavy (non-hydrogen) atoms. The number of nitro benzene ring substituents is 1. The van der Waals surface area contributed by atoms with Gasteiger partial charge in [-0.2, -0.15) is 0 Å². The SMILES string of the molecule is Cc1cc(CCl)cc(C)c1OCc1ccc([N+](=O)[O-])cc1. The summed E-state index contributed by atoms with van der Waals surface area (Å²) < 4.78 is 5.84. The molecule has 0 spiro atoms. The Balaban J connectivity index is 2.11. The lowest BCUT2D eigenvalue weighted by atomic mass is 10.1. The number of hydrogen-bond donors (Lipinski definition) is 0. The number of nitrogens with zero attached hydrogens (tertiary/aromatic N) is 1. The van der Waals surface area contributed by atoms with E-state index in [0.717, 1.165) is 28.0 Å². The molecule has 4 nitrogen and oxygen atoms in total. The molecule has 2 rings (SSSR count). The van der Waals surface area contributed by atoms with Gasteiger partial charge in [0.1, 0.15) is 12.4 Å². The third-order valence-corrected chi connectivity index (χ3v) is 3.51. The smallest absolute Gasteiger partial charge is 0.269 e. The van der Waals surface area contributed by atoms with Crippen molar-refractivity contribution >= 4 is 17.3 Å². The van der Waals surface area contributed by atoms with Crippen molar-refractivity contribution in [2.24, 2.45) is 0 Å². The largest absolute Gasteiger partial charge is 0.488 e. The molecule has 0 radical (unpaired) electrons. The number of nitro groups is 1. The van der Waals surface area contributed by atoms with Crippen LogP contribution < -0.4 is 4.74 Å². The zero-order valence-corrected chi connectivity index (χ0v) is 12.7. The van der Waals surface area contributed by atoms with E-state index in [0.29, 0.717) is 12.5 Å². The first-order valence-electron chi connectivity index (χ1n) is 6.53. The van der Waals surface area contributed by atoms with Gasteiger partial charge in [0.25, 0.3) is 5.69 Å². The van der Waals surface area contributed by atoms with Gasteiger partial charge in [0, 0.05) is 18.0 Å². The van der Waals surface area contributed by atoms with Crippen LogP contribution in [0.25, 0.3) is 0 Å². The Hall–Kier alpha value is -2.07. The summed E-state index contributed by atoms with van der Waals surface area (Å²) >= 11 is 5.84. The van der Waals surface area contributed by atoms with E-state index in [9.17, 15) is 10.1 Å². The van der Waals surface area contributed by atoms with Crippen LogP contribution in [0.1, 0.15) is 22.3 Å². The second-order valence-electron chi connectivity index (χ2n) is 4.90. The molecule has 0 atom stereocenters. The minimum absolute atomic E-state index is 0.0811. The van der Waals surface area contributed by atoms with Crippen LogP contribution in [0.15, 0.2) is 36.4 Å². The predicted molar refractivity (Wildman–Crippen MR) is 82.9 cm³/mol. The Morgan fingerprint density at radius 1 is 1.10 bits per heavy atom. The minimum Gasteiger partial charge on any atom is -0.488 e. The summed E-state index contributed by atoms with van der Waals surface area (Å²) in [6.45, 7) is 4.34. The van der Waals surface area contributed by atoms with E-state index >= 15 is 0 Å². The molecule has 0 saturated carbocycles. The molecule has 0 heterocycles. The van der Waals surface area contributed by atoms with E-state index in [4.69, 9.17) is 16.3 Å². The van der Waals surface area contributed by atoms with E-state index < -0.39 is 4.92 Å². The second kappa shape index (κ2) is 6.59. The number of aryl methyl sites for hydroxylation is 2. The summed E-state index contributed by atoms with van der Waals surface area (Å²) in [5.74, 6) is 1.31. The van der Waals surface area contributed by atoms with Crippen LogP contribution >= 0.6 is 11.6 Å². The summed E-state index contributed by atoms with van der Waals surface area (Å²) in [4.78, 5) is 10.2. The van der Waals surface area contributed by atoms with E-state index in [-0.39, 0.29) is 5.69 Å². The lowest BCUT2D eigenvalue weighted by molar-refractivity contribution is -0.384. The monoisotopic (exact) mass is 305 g/mol. The minimum atomic E-state index is -0.413. The molecule has 0 bridgehead atoms. The molecule has 2 aromatic carbocycles. The van der Waals surface area contributed by atoms with Gasteiger partial charge in [0.05, 0.1) is 4.92 Å². The molecule has 0 amide bonds. The lowest BCUT2D eigenvalue weighted by Gasteiger charge is -2.13. The highest BCUT2D eigenvalue weighted by Crippen LogP contribution is 2.26. The van der Waals surface area contributed by atoms with Gasteiger partial charge < -0.3 is 4.74 Å². The van der Waals surface area contributed by atoms with Crippen LogP contribution in [0.3, 0.4) is 0 Å². The molecule has 0 N–H and O–H groups in total. The highest BCUT2D eigenvalue weighted by molar-refractivity contribution is 6.17. The molecule has 0 aliphatic carbocycles. The third kappa shape index (κ3) is 3.73. The fourth-order valence-electron chi connectivity index (χ4n) is 2.21. The van der Waals surface area contributed by atoms with Gasteiger partial charge in [-0.05, 0) is 48.2 Å². The number of non-ortho nitro benzene ring substituents is 1. The quantitative estimate of drug-likeness (QED) is 0.463.